The maximum Gasteiger partial charge on any atom is 0.410 e. The molecule has 1 saturated heterocycles. The molecule has 0 radical (unpaired) electrons. The van der Waals surface area contributed by atoms with Crippen LogP contribution in [0.4, 0.5) is 4.79 Å². The van der Waals surface area contributed by atoms with Crippen molar-refractivity contribution in [1.29, 1.82) is 0 Å². The summed E-state index contributed by atoms with van der Waals surface area (Å²) in [4.78, 5) is 20.3. The van der Waals surface area contributed by atoms with Crippen molar-refractivity contribution in [3.63, 3.8) is 0 Å². The van der Waals surface area contributed by atoms with Crippen molar-refractivity contribution in [3.05, 3.63) is 48.3 Å². The Morgan fingerprint density at radius 2 is 1.79 bits per heavy atom. The molecule has 1 aromatic heterocycles. The quantitative estimate of drug-likeness (QED) is 0.648. The Morgan fingerprint density at radius 3 is 2.43 bits per heavy atom. The highest BCUT2D eigenvalue weighted by Gasteiger charge is 2.26. The maximum absolute atomic E-state index is 12.1. The van der Waals surface area contributed by atoms with Crippen molar-refractivity contribution in [3.8, 4) is 5.69 Å². The van der Waals surface area contributed by atoms with E-state index in [4.69, 9.17) is 10.5 Å². The second-order valence-corrected chi connectivity index (χ2v) is 7.76. The summed E-state index contributed by atoms with van der Waals surface area (Å²) in [5.74, 6) is 0.483. The van der Waals surface area contributed by atoms with Crippen LogP contribution in [-0.4, -0.2) is 63.4 Å². The molecule has 2 N–H and O–H groups in total. The van der Waals surface area contributed by atoms with E-state index in [1.54, 1.807) is 11.1 Å². The van der Waals surface area contributed by atoms with Gasteiger partial charge in [-0.05, 0) is 32.9 Å². The molecule has 2 aromatic rings. The van der Waals surface area contributed by atoms with Crippen LogP contribution in [0, 0.1) is 0 Å². The molecule has 0 unspecified atom stereocenters. The van der Waals surface area contributed by atoms with E-state index in [0.29, 0.717) is 38.7 Å². The summed E-state index contributed by atoms with van der Waals surface area (Å²) in [6, 6.07) is 9.92. The first-order chi connectivity index (χ1) is 13.3. The lowest BCUT2D eigenvalue weighted by Gasteiger charge is -2.36. The molecule has 0 spiro atoms. The topological polar surface area (TPSA) is 89.0 Å². The number of carbonyl (C=O) groups is 1. The van der Waals surface area contributed by atoms with Crippen LogP contribution in [0.1, 0.15) is 26.3 Å². The number of hydrogen-bond acceptors (Lipinski definition) is 4. The Bertz CT molecular complexity index is 817. The molecule has 2 heterocycles. The molecular formula is C20H28N6O2. The third kappa shape index (κ3) is 5.25. The highest BCUT2D eigenvalue weighted by Crippen LogP contribution is 2.12. The molecule has 1 aromatic carbocycles. The number of para-hydroxylation sites is 1. The van der Waals surface area contributed by atoms with Gasteiger partial charge in [-0.15, -0.1) is 0 Å². The van der Waals surface area contributed by atoms with Gasteiger partial charge in [-0.2, -0.15) is 5.10 Å². The fourth-order valence-corrected chi connectivity index (χ4v) is 2.88. The molecule has 1 amide bonds. The van der Waals surface area contributed by atoms with E-state index >= 15 is 0 Å². The summed E-state index contributed by atoms with van der Waals surface area (Å²) in [5.41, 5.74) is 7.65. The van der Waals surface area contributed by atoms with Crippen LogP contribution in [0.3, 0.4) is 0 Å². The molecular weight excluding hydrogens is 356 g/mol. The Kier molecular flexibility index (Phi) is 5.87. The monoisotopic (exact) mass is 384 g/mol. The minimum Gasteiger partial charge on any atom is -0.444 e. The molecule has 0 saturated carbocycles. The number of ether oxygens (including phenoxy) is 1. The van der Waals surface area contributed by atoms with Gasteiger partial charge in [-0.3, -0.25) is 0 Å². The number of nitrogens with zero attached hydrogens (tertiary/aromatic N) is 5. The zero-order chi connectivity index (χ0) is 20.1. The van der Waals surface area contributed by atoms with Gasteiger partial charge in [0, 0.05) is 37.9 Å². The van der Waals surface area contributed by atoms with Crippen molar-refractivity contribution in [2.24, 2.45) is 10.7 Å². The number of benzene rings is 1. The summed E-state index contributed by atoms with van der Waals surface area (Å²) in [6.45, 7) is 8.47. The molecule has 150 valence electrons. The second kappa shape index (κ2) is 8.33. The molecule has 1 fully saturated rings. The van der Waals surface area contributed by atoms with Gasteiger partial charge < -0.3 is 20.3 Å². The lowest BCUT2D eigenvalue weighted by molar-refractivity contribution is 0.0186. The number of aromatic nitrogens is 2. The Hall–Kier alpha value is -3.03. The van der Waals surface area contributed by atoms with E-state index in [1.807, 2.05) is 66.9 Å². The van der Waals surface area contributed by atoms with E-state index in [9.17, 15) is 4.79 Å². The van der Waals surface area contributed by atoms with Crippen molar-refractivity contribution >= 4 is 12.1 Å². The summed E-state index contributed by atoms with van der Waals surface area (Å²) in [5, 5.41) is 4.37. The smallest absolute Gasteiger partial charge is 0.410 e. The molecule has 0 atom stereocenters. The predicted molar refractivity (Wildman–Crippen MR) is 108 cm³/mol. The Morgan fingerprint density at radius 1 is 1.14 bits per heavy atom. The van der Waals surface area contributed by atoms with E-state index in [0.717, 1.165) is 11.3 Å². The molecule has 1 aliphatic heterocycles. The first-order valence-electron chi connectivity index (χ1n) is 9.43. The molecule has 0 aliphatic carbocycles. The minimum atomic E-state index is -0.487. The highest BCUT2D eigenvalue weighted by atomic mass is 16.6. The first-order valence-corrected chi connectivity index (χ1v) is 9.43. The molecule has 0 bridgehead atoms. The summed E-state index contributed by atoms with van der Waals surface area (Å²) >= 11 is 0. The second-order valence-electron chi connectivity index (χ2n) is 7.76. The Balaban J connectivity index is 1.51. The van der Waals surface area contributed by atoms with Crippen molar-refractivity contribution in [2.45, 2.75) is 32.9 Å². The summed E-state index contributed by atoms with van der Waals surface area (Å²) in [7, 11) is 0. The van der Waals surface area contributed by atoms with Crippen LogP contribution in [0.25, 0.3) is 5.69 Å². The van der Waals surface area contributed by atoms with Gasteiger partial charge in [0.25, 0.3) is 0 Å². The number of piperazine rings is 1. The highest BCUT2D eigenvalue weighted by molar-refractivity contribution is 5.78. The molecule has 1 aliphatic rings. The van der Waals surface area contributed by atoms with E-state index in [-0.39, 0.29) is 6.09 Å². The number of rotatable bonds is 3. The zero-order valence-corrected chi connectivity index (χ0v) is 16.7. The summed E-state index contributed by atoms with van der Waals surface area (Å²) in [6.07, 6.45) is 3.47. The van der Waals surface area contributed by atoms with Gasteiger partial charge in [0.2, 0.25) is 0 Å². The van der Waals surface area contributed by atoms with Crippen molar-refractivity contribution in [2.75, 3.05) is 26.2 Å². The number of nitrogens with two attached hydrogens (primary N) is 1. The van der Waals surface area contributed by atoms with Crippen molar-refractivity contribution in [1.82, 2.24) is 19.6 Å². The lowest BCUT2D eigenvalue weighted by Crippen LogP contribution is -2.53. The fraction of sp³-hybridized carbons (Fsp3) is 0.450. The third-order valence-electron chi connectivity index (χ3n) is 4.34. The van der Waals surface area contributed by atoms with Gasteiger partial charge >= 0.3 is 6.09 Å². The SMILES string of the molecule is CC(C)(C)OC(=O)N1CCN(C(N)=NCc2cnn(-c3ccccc3)c2)CC1. The average molecular weight is 384 g/mol. The van der Waals surface area contributed by atoms with Gasteiger partial charge in [0.05, 0.1) is 18.4 Å². The fourth-order valence-electron chi connectivity index (χ4n) is 2.88. The molecule has 8 nitrogen and oxygen atoms in total. The van der Waals surface area contributed by atoms with Gasteiger partial charge in [0.15, 0.2) is 5.96 Å². The van der Waals surface area contributed by atoms with Crippen LogP contribution in [0.2, 0.25) is 0 Å². The molecule has 3 rings (SSSR count). The number of carbonyl (C=O) groups excluding carboxylic acids is 1. The molecule has 28 heavy (non-hydrogen) atoms. The normalized spacial score (nSPS) is 15.6. The maximum atomic E-state index is 12.1. The summed E-state index contributed by atoms with van der Waals surface area (Å²) < 4.78 is 7.23. The van der Waals surface area contributed by atoms with Crippen LogP contribution in [0.5, 0.6) is 0 Å². The first kappa shape index (κ1) is 19.7. The number of aliphatic imine (C=N–C) groups is 1. The number of guanidine groups is 1. The standard InChI is InChI=1S/C20H28N6O2/c1-20(2,3)28-19(27)25-11-9-24(10-12-25)18(21)22-13-16-14-23-26(15-16)17-7-5-4-6-8-17/h4-8,14-15H,9-13H2,1-3H3,(H2,21,22). The van der Waals surface area contributed by atoms with E-state index in [2.05, 4.69) is 10.1 Å². The minimum absolute atomic E-state index is 0.281. The predicted octanol–water partition coefficient (Wildman–Crippen LogP) is 2.24. The van der Waals surface area contributed by atoms with Crippen molar-refractivity contribution < 1.29 is 9.53 Å². The van der Waals surface area contributed by atoms with Crippen LogP contribution in [-0.2, 0) is 11.3 Å². The van der Waals surface area contributed by atoms with Crippen LogP contribution < -0.4 is 5.73 Å². The van der Waals surface area contributed by atoms with Crippen LogP contribution >= 0.6 is 0 Å². The average Bonchev–Trinajstić information content (AvgIpc) is 3.15. The number of amides is 1. The van der Waals surface area contributed by atoms with E-state index < -0.39 is 5.60 Å². The van der Waals surface area contributed by atoms with Gasteiger partial charge in [-0.25, -0.2) is 14.5 Å². The molecule has 8 heteroatoms. The van der Waals surface area contributed by atoms with E-state index in [1.165, 1.54) is 0 Å². The third-order valence-corrected chi connectivity index (χ3v) is 4.34. The lowest BCUT2D eigenvalue weighted by atomic mass is 10.2. The van der Waals surface area contributed by atoms with Gasteiger partial charge in [-0.1, -0.05) is 18.2 Å². The largest absolute Gasteiger partial charge is 0.444 e. The Labute approximate surface area is 165 Å². The van der Waals surface area contributed by atoms with Crippen LogP contribution in [0.15, 0.2) is 47.7 Å². The number of hydrogen-bond donors (Lipinski definition) is 1. The zero-order valence-electron chi connectivity index (χ0n) is 16.7. The van der Waals surface area contributed by atoms with Gasteiger partial charge in [0.1, 0.15) is 5.60 Å².